The van der Waals surface area contributed by atoms with Crippen molar-refractivity contribution in [3.63, 3.8) is 0 Å². The highest BCUT2D eigenvalue weighted by molar-refractivity contribution is 6.30. The molecule has 6 heteroatoms. The molecule has 1 N–H and O–H groups in total. The lowest BCUT2D eigenvalue weighted by atomic mass is 10.0. The van der Waals surface area contributed by atoms with Crippen LogP contribution in [0.15, 0.2) is 48.5 Å². The Morgan fingerprint density at radius 2 is 1.90 bits per heavy atom. The zero-order chi connectivity index (χ0) is 20.4. The van der Waals surface area contributed by atoms with Gasteiger partial charge < -0.3 is 9.64 Å². The number of rotatable bonds is 5. The van der Waals surface area contributed by atoms with Gasteiger partial charge in [-0.3, -0.25) is 9.89 Å². The van der Waals surface area contributed by atoms with Crippen LogP contribution >= 0.6 is 11.6 Å². The molecule has 0 saturated heterocycles. The third-order valence-corrected chi connectivity index (χ3v) is 5.27. The van der Waals surface area contributed by atoms with Crippen LogP contribution in [0.25, 0.3) is 11.3 Å². The number of nitrogens with one attached hydrogen (secondary N) is 1. The molecule has 1 amide bonds. The normalized spacial score (nSPS) is 13.4. The molecule has 0 atom stereocenters. The number of nitrogens with zero attached hydrogens (tertiary/aromatic N) is 2. The Morgan fingerprint density at radius 1 is 1.17 bits per heavy atom. The summed E-state index contributed by atoms with van der Waals surface area (Å²) in [5.41, 5.74) is 4.71. The molecule has 5 nitrogen and oxygen atoms in total. The van der Waals surface area contributed by atoms with Gasteiger partial charge in [0.2, 0.25) is 0 Å². The van der Waals surface area contributed by atoms with E-state index in [1.807, 2.05) is 53.4 Å². The monoisotopic (exact) mass is 409 g/mol. The fourth-order valence-electron chi connectivity index (χ4n) is 3.45. The summed E-state index contributed by atoms with van der Waals surface area (Å²) in [5, 5.41) is 8.31. The van der Waals surface area contributed by atoms with Gasteiger partial charge in [0.25, 0.3) is 5.91 Å². The van der Waals surface area contributed by atoms with Gasteiger partial charge in [0.1, 0.15) is 5.75 Å². The van der Waals surface area contributed by atoms with E-state index in [1.165, 1.54) is 0 Å². The summed E-state index contributed by atoms with van der Waals surface area (Å²) in [4.78, 5) is 14.9. The predicted octanol–water partition coefficient (Wildman–Crippen LogP) is 4.96. The number of aromatic nitrogens is 2. The number of aromatic amines is 1. The van der Waals surface area contributed by atoms with E-state index in [9.17, 15) is 4.79 Å². The molecule has 0 unspecified atom stereocenters. The molecule has 4 rings (SSSR count). The second kappa shape index (κ2) is 8.29. The first kappa shape index (κ1) is 19.5. The summed E-state index contributed by atoms with van der Waals surface area (Å²) >= 11 is 6.01. The number of H-pyrrole nitrogens is 1. The van der Waals surface area contributed by atoms with Crippen molar-refractivity contribution in [1.29, 1.82) is 0 Å². The number of carbonyl (C=O) groups is 1. The van der Waals surface area contributed by atoms with Crippen molar-refractivity contribution < 1.29 is 9.53 Å². The van der Waals surface area contributed by atoms with Crippen molar-refractivity contribution in [1.82, 2.24) is 15.1 Å². The highest BCUT2D eigenvalue weighted by Crippen LogP contribution is 2.30. The van der Waals surface area contributed by atoms with Gasteiger partial charge in [-0.2, -0.15) is 5.10 Å². The molecule has 0 spiro atoms. The third-order valence-electron chi connectivity index (χ3n) is 5.02. The Balaban J connectivity index is 1.50. The fraction of sp³-hybridized carbons (Fsp3) is 0.304. The molecule has 0 bridgehead atoms. The Hall–Kier alpha value is -2.79. The van der Waals surface area contributed by atoms with Gasteiger partial charge in [0, 0.05) is 46.9 Å². The van der Waals surface area contributed by atoms with Crippen LogP contribution in [0.4, 0.5) is 0 Å². The average Bonchev–Trinajstić information content (AvgIpc) is 3.16. The quantitative estimate of drug-likeness (QED) is 0.647. The van der Waals surface area contributed by atoms with Crippen LogP contribution in [0.2, 0.25) is 5.02 Å². The van der Waals surface area contributed by atoms with E-state index in [4.69, 9.17) is 16.3 Å². The van der Waals surface area contributed by atoms with Crippen LogP contribution in [0.1, 0.15) is 35.5 Å². The Labute approximate surface area is 175 Å². The smallest absolute Gasteiger partial charge is 0.254 e. The van der Waals surface area contributed by atoms with Crippen molar-refractivity contribution >= 4 is 17.5 Å². The second-order valence-corrected chi connectivity index (χ2v) is 8.18. The summed E-state index contributed by atoms with van der Waals surface area (Å²) in [6.07, 6.45) is 0.761. The maximum Gasteiger partial charge on any atom is 0.254 e. The molecule has 0 radical (unpaired) electrons. The van der Waals surface area contributed by atoms with Crippen LogP contribution in [0, 0.1) is 5.92 Å². The molecular formula is C23H24ClN3O2. The molecule has 1 aliphatic rings. The Bertz CT molecular complexity index is 994. The van der Waals surface area contributed by atoms with Crippen LogP contribution in [-0.4, -0.2) is 34.2 Å². The average molecular weight is 410 g/mol. The van der Waals surface area contributed by atoms with E-state index < -0.39 is 0 Å². The van der Waals surface area contributed by atoms with Gasteiger partial charge in [-0.25, -0.2) is 0 Å². The maximum absolute atomic E-state index is 13.0. The summed E-state index contributed by atoms with van der Waals surface area (Å²) in [5.74, 6) is 1.27. The Kier molecular flexibility index (Phi) is 5.58. The minimum atomic E-state index is 0.0225. The fourth-order valence-corrected chi connectivity index (χ4v) is 3.58. The van der Waals surface area contributed by atoms with Crippen LogP contribution in [0.3, 0.4) is 0 Å². The van der Waals surface area contributed by atoms with Crippen molar-refractivity contribution in [2.75, 3.05) is 13.2 Å². The number of amides is 1. The summed E-state index contributed by atoms with van der Waals surface area (Å²) < 4.78 is 5.71. The van der Waals surface area contributed by atoms with Gasteiger partial charge in [0.05, 0.1) is 12.3 Å². The topological polar surface area (TPSA) is 58.2 Å². The molecule has 2 heterocycles. The standard InChI is InChI=1S/C23H24ClN3O2/c1-15(2)14-29-19-9-5-17(6-10-19)23(28)27-12-11-21-20(13-27)22(26-25-21)16-3-7-18(24)8-4-16/h3-10,15H,11-14H2,1-2H3,(H,25,26). The van der Waals surface area contributed by atoms with Crippen molar-refractivity contribution in [3.8, 4) is 17.0 Å². The lowest BCUT2D eigenvalue weighted by Gasteiger charge is -2.27. The van der Waals surface area contributed by atoms with Crippen molar-refractivity contribution in [2.45, 2.75) is 26.8 Å². The molecule has 0 aliphatic carbocycles. The van der Waals surface area contributed by atoms with E-state index >= 15 is 0 Å². The molecule has 1 aromatic heterocycles. The summed E-state index contributed by atoms with van der Waals surface area (Å²) in [6.45, 7) is 6.08. The molecule has 2 aromatic carbocycles. The molecule has 29 heavy (non-hydrogen) atoms. The molecule has 0 saturated carbocycles. The highest BCUT2D eigenvalue weighted by atomic mass is 35.5. The van der Waals surface area contributed by atoms with E-state index in [0.717, 1.165) is 34.7 Å². The molecule has 1 aliphatic heterocycles. The first-order valence-corrected chi connectivity index (χ1v) is 10.2. The van der Waals surface area contributed by atoms with Crippen LogP contribution in [-0.2, 0) is 13.0 Å². The van der Waals surface area contributed by atoms with Gasteiger partial charge in [-0.15, -0.1) is 0 Å². The molecule has 150 valence electrons. The van der Waals surface area contributed by atoms with Crippen molar-refractivity contribution in [2.24, 2.45) is 5.92 Å². The van der Waals surface area contributed by atoms with Gasteiger partial charge in [-0.05, 0) is 42.3 Å². The van der Waals surface area contributed by atoms with E-state index in [2.05, 4.69) is 24.0 Å². The molecule has 3 aromatic rings. The molecule has 0 fully saturated rings. The first-order valence-electron chi connectivity index (χ1n) is 9.85. The van der Waals surface area contributed by atoms with E-state index in [-0.39, 0.29) is 5.91 Å². The van der Waals surface area contributed by atoms with Gasteiger partial charge >= 0.3 is 0 Å². The SMILES string of the molecule is CC(C)COc1ccc(C(=O)N2CCc3[nH]nc(-c4ccc(Cl)cc4)c3C2)cc1. The van der Waals surface area contributed by atoms with Gasteiger partial charge in [-0.1, -0.05) is 37.6 Å². The third kappa shape index (κ3) is 4.30. The van der Waals surface area contributed by atoms with Crippen molar-refractivity contribution in [3.05, 3.63) is 70.4 Å². The number of halogens is 1. The summed E-state index contributed by atoms with van der Waals surface area (Å²) in [7, 11) is 0. The highest BCUT2D eigenvalue weighted by Gasteiger charge is 2.26. The zero-order valence-electron chi connectivity index (χ0n) is 16.6. The lowest BCUT2D eigenvalue weighted by molar-refractivity contribution is 0.0734. The largest absolute Gasteiger partial charge is 0.493 e. The van der Waals surface area contributed by atoms with E-state index in [1.54, 1.807) is 0 Å². The maximum atomic E-state index is 13.0. The number of carbonyl (C=O) groups excluding carboxylic acids is 1. The Morgan fingerprint density at radius 3 is 2.59 bits per heavy atom. The minimum Gasteiger partial charge on any atom is -0.493 e. The number of hydrogen-bond donors (Lipinski definition) is 1. The first-order chi connectivity index (χ1) is 14.0. The van der Waals surface area contributed by atoms with E-state index in [0.29, 0.717) is 36.2 Å². The number of ether oxygens (including phenoxy) is 1. The number of hydrogen-bond acceptors (Lipinski definition) is 3. The number of benzene rings is 2. The molecular weight excluding hydrogens is 386 g/mol. The van der Waals surface area contributed by atoms with Crippen LogP contribution < -0.4 is 4.74 Å². The lowest BCUT2D eigenvalue weighted by Crippen LogP contribution is -2.35. The predicted molar refractivity (Wildman–Crippen MR) is 114 cm³/mol. The minimum absolute atomic E-state index is 0.0225. The summed E-state index contributed by atoms with van der Waals surface area (Å²) in [6, 6.07) is 15.0. The number of fused-ring (bicyclic) bond motifs is 1. The van der Waals surface area contributed by atoms with Crippen LogP contribution in [0.5, 0.6) is 5.75 Å². The zero-order valence-corrected chi connectivity index (χ0v) is 17.4. The van der Waals surface area contributed by atoms with Gasteiger partial charge in [0.15, 0.2) is 0 Å². The second-order valence-electron chi connectivity index (χ2n) is 7.74.